The molecule has 6 nitrogen and oxygen atoms in total. The fraction of sp³-hybridized carbons (Fsp3) is 0.273. The second-order valence-corrected chi connectivity index (χ2v) is 6.98. The number of nitrogens with zero attached hydrogens (tertiary/aromatic N) is 3. The Morgan fingerprint density at radius 1 is 1.53 bits per heavy atom. The van der Waals surface area contributed by atoms with Crippen molar-refractivity contribution in [1.29, 1.82) is 5.26 Å². The van der Waals surface area contributed by atoms with Crippen molar-refractivity contribution in [3.05, 3.63) is 35.0 Å². The monoisotopic (exact) mass is 296 g/mol. The maximum atomic E-state index is 11.9. The fourth-order valence-corrected chi connectivity index (χ4v) is 3.71. The Balaban J connectivity index is 1.96. The molecule has 0 unspecified atom stereocenters. The first-order chi connectivity index (χ1) is 9.01. The topological polar surface area (TPSA) is 87.8 Å². The van der Waals surface area contributed by atoms with E-state index in [1.807, 2.05) is 19.3 Å². The summed E-state index contributed by atoms with van der Waals surface area (Å²) in [7, 11) is -1.71. The highest BCUT2D eigenvalue weighted by molar-refractivity contribution is 7.91. The number of rotatable bonds is 5. The van der Waals surface area contributed by atoms with E-state index in [9.17, 15) is 8.42 Å². The highest BCUT2D eigenvalue weighted by Crippen LogP contribution is 2.20. The van der Waals surface area contributed by atoms with Crippen LogP contribution in [0.25, 0.3) is 0 Å². The summed E-state index contributed by atoms with van der Waals surface area (Å²) in [5.41, 5.74) is 0.967. The lowest BCUT2D eigenvalue weighted by Gasteiger charge is -2.03. The number of hydrogen-bond donors (Lipinski definition) is 1. The summed E-state index contributed by atoms with van der Waals surface area (Å²) < 4.78 is 28.2. The van der Waals surface area contributed by atoms with Gasteiger partial charge >= 0.3 is 0 Å². The second kappa shape index (κ2) is 5.52. The van der Waals surface area contributed by atoms with Crippen LogP contribution in [-0.2, 0) is 23.5 Å². The van der Waals surface area contributed by atoms with Gasteiger partial charge in [-0.2, -0.15) is 10.4 Å². The summed E-state index contributed by atoms with van der Waals surface area (Å²) in [6, 6.07) is 4.86. The van der Waals surface area contributed by atoms with Gasteiger partial charge < -0.3 is 0 Å². The average molecular weight is 296 g/mol. The first-order valence-electron chi connectivity index (χ1n) is 5.48. The molecule has 8 heteroatoms. The van der Waals surface area contributed by atoms with E-state index >= 15 is 0 Å². The minimum absolute atomic E-state index is 0.162. The Kier molecular flexibility index (Phi) is 3.99. The maximum Gasteiger partial charge on any atom is 0.250 e. The van der Waals surface area contributed by atoms with Crippen LogP contribution in [0.15, 0.2) is 28.7 Å². The Hall–Kier alpha value is -1.69. The Bertz CT molecular complexity index is 709. The predicted molar refractivity (Wildman–Crippen MR) is 71.1 cm³/mol. The zero-order chi connectivity index (χ0) is 13.9. The Morgan fingerprint density at radius 3 is 2.89 bits per heavy atom. The molecule has 0 fully saturated rings. The number of thiophene rings is 1. The molecule has 0 aliphatic heterocycles. The van der Waals surface area contributed by atoms with Gasteiger partial charge in [-0.3, -0.25) is 4.68 Å². The molecule has 0 saturated heterocycles. The lowest BCUT2D eigenvalue weighted by Crippen LogP contribution is -2.25. The molecule has 0 spiro atoms. The van der Waals surface area contributed by atoms with Gasteiger partial charge in [-0.1, -0.05) is 0 Å². The molecule has 0 amide bonds. The van der Waals surface area contributed by atoms with Crippen LogP contribution in [0.1, 0.15) is 10.4 Å². The van der Waals surface area contributed by atoms with Crippen LogP contribution >= 0.6 is 11.3 Å². The molecule has 0 aliphatic carbocycles. The molecule has 2 rings (SSSR count). The molecule has 0 saturated carbocycles. The van der Waals surface area contributed by atoms with Crippen molar-refractivity contribution in [2.75, 3.05) is 6.54 Å². The lowest BCUT2D eigenvalue weighted by molar-refractivity contribution is 0.584. The SMILES string of the molecule is Cn1cc(CCNS(=O)(=O)c2ccc(C#N)s2)cn1. The van der Waals surface area contributed by atoms with Crippen molar-refractivity contribution in [3.63, 3.8) is 0 Å². The van der Waals surface area contributed by atoms with E-state index in [1.54, 1.807) is 10.9 Å². The average Bonchev–Trinajstić information content (AvgIpc) is 2.98. The minimum atomic E-state index is -3.52. The first-order valence-corrected chi connectivity index (χ1v) is 7.78. The van der Waals surface area contributed by atoms with Gasteiger partial charge in [-0.15, -0.1) is 11.3 Å². The van der Waals surface area contributed by atoms with E-state index in [1.165, 1.54) is 12.1 Å². The van der Waals surface area contributed by atoms with E-state index in [2.05, 4.69) is 9.82 Å². The van der Waals surface area contributed by atoms with Gasteiger partial charge in [-0.25, -0.2) is 13.1 Å². The van der Waals surface area contributed by atoms with Crippen LogP contribution in [0.2, 0.25) is 0 Å². The molecule has 100 valence electrons. The van der Waals surface area contributed by atoms with Gasteiger partial charge in [0.05, 0.1) is 6.20 Å². The molecule has 0 atom stereocenters. The van der Waals surface area contributed by atoms with Crippen LogP contribution < -0.4 is 4.72 Å². The van der Waals surface area contributed by atoms with Gasteiger partial charge in [0.25, 0.3) is 0 Å². The van der Waals surface area contributed by atoms with Crippen molar-refractivity contribution in [2.24, 2.45) is 7.05 Å². The van der Waals surface area contributed by atoms with E-state index in [0.29, 0.717) is 17.8 Å². The Labute approximate surface area is 115 Å². The van der Waals surface area contributed by atoms with Crippen molar-refractivity contribution < 1.29 is 8.42 Å². The third-order valence-corrected chi connectivity index (χ3v) is 5.36. The lowest BCUT2D eigenvalue weighted by atomic mass is 10.3. The van der Waals surface area contributed by atoms with Gasteiger partial charge in [-0.05, 0) is 24.1 Å². The van der Waals surface area contributed by atoms with Crippen molar-refractivity contribution in [1.82, 2.24) is 14.5 Å². The molecule has 1 N–H and O–H groups in total. The molecule has 2 aromatic heterocycles. The van der Waals surface area contributed by atoms with E-state index in [4.69, 9.17) is 5.26 Å². The van der Waals surface area contributed by atoms with Crippen molar-refractivity contribution >= 4 is 21.4 Å². The summed E-state index contributed by atoms with van der Waals surface area (Å²) in [6.45, 7) is 0.299. The van der Waals surface area contributed by atoms with Gasteiger partial charge in [0.1, 0.15) is 15.2 Å². The van der Waals surface area contributed by atoms with E-state index in [0.717, 1.165) is 16.9 Å². The molecule has 0 aliphatic rings. The van der Waals surface area contributed by atoms with Crippen LogP contribution in [0.3, 0.4) is 0 Å². The predicted octanol–water partition coefficient (Wildman–Crippen LogP) is 0.874. The molecule has 0 radical (unpaired) electrons. The maximum absolute atomic E-state index is 11.9. The summed E-state index contributed by atoms with van der Waals surface area (Å²) in [6.07, 6.45) is 4.12. The summed E-state index contributed by atoms with van der Waals surface area (Å²) in [5.74, 6) is 0. The zero-order valence-corrected chi connectivity index (χ0v) is 11.8. The van der Waals surface area contributed by atoms with Gasteiger partial charge in [0.2, 0.25) is 10.0 Å². The van der Waals surface area contributed by atoms with Crippen LogP contribution in [0, 0.1) is 11.3 Å². The number of sulfonamides is 1. The highest BCUT2D eigenvalue weighted by atomic mass is 32.2. The summed E-state index contributed by atoms with van der Waals surface area (Å²) in [4.78, 5) is 0.382. The third kappa shape index (κ3) is 3.41. The van der Waals surface area contributed by atoms with E-state index in [-0.39, 0.29) is 4.21 Å². The zero-order valence-electron chi connectivity index (χ0n) is 10.2. The van der Waals surface area contributed by atoms with Crippen molar-refractivity contribution in [3.8, 4) is 6.07 Å². The molecular weight excluding hydrogens is 284 g/mol. The number of aryl methyl sites for hydroxylation is 1. The summed E-state index contributed by atoms with van der Waals surface area (Å²) >= 11 is 0.962. The molecular formula is C11H12N4O2S2. The van der Waals surface area contributed by atoms with Gasteiger partial charge in [0.15, 0.2) is 0 Å². The Morgan fingerprint density at radius 2 is 2.32 bits per heavy atom. The fourth-order valence-electron chi connectivity index (χ4n) is 1.53. The standard InChI is InChI=1S/C11H12N4O2S2/c1-15-8-9(7-13-15)4-5-14-19(16,17)11-3-2-10(6-12)18-11/h2-3,7-8,14H,4-5H2,1H3. The molecule has 19 heavy (non-hydrogen) atoms. The van der Waals surface area contributed by atoms with Crippen LogP contribution in [-0.4, -0.2) is 24.7 Å². The first kappa shape index (κ1) is 13.7. The smallest absolute Gasteiger partial charge is 0.250 e. The molecule has 0 bridgehead atoms. The van der Waals surface area contributed by atoms with Gasteiger partial charge in [0, 0.05) is 19.8 Å². The van der Waals surface area contributed by atoms with E-state index < -0.39 is 10.0 Å². The number of hydrogen-bond acceptors (Lipinski definition) is 5. The van der Waals surface area contributed by atoms with Crippen molar-refractivity contribution in [2.45, 2.75) is 10.6 Å². The molecule has 2 heterocycles. The molecule has 2 aromatic rings. The van der Waals surface area contributed by atoms with Crippen LogP contribution in [0.5, 0.6) is 0 Å². The molecule has 0 aromatic carbocycles. The normalized spacial score (nSPS) is 11.4. The number of nitriles is 1. The second-order valence-electron chi connectivity index (χ2n) is 3.90. The number of aromatic nitrogens is 2. The minimum Gasteiger partial charge on any atom is -0.276 e. The number of nitrogens with one attached hydrogen (secondary N) is 1. The third-order valence-electron chi connectivity index (χ3n) is 2.42. The summed E-state index contributed by atoms with van der Waals surface area (Å²) in [5, 5.41) is 12.7. The quantitative estimate of drug-likeness (QED) is 0.887. The highest BCUT2D eigenvalue weighted by Gasteiger charge is 2.16. The largest absolute Gasteiger partial charge is 0.276 e. The van der Waals surface area contributed by atoms with Crippen LogP contribution in [0.4, 0.5) is 0 Å².